The lowest BCUT2D eigenvalue weighted by molar-refractivity contribution is -0.179. The molecule has 2 aromatic carbocycles. The molecule has 2 aliphatic carbocycles. The van der Waals surface area contributed by atoms with E-state index >= 15 is 0 Å². The van der Waals surface area contributed by atoms with Crippen LogP contribution in [0.4, 0.5) is 0 Å². The molecule has 37 heavy (non-hydrogen) atoms. The van der Waals surface area contributed by atoms with E-state index in [1.165, 1.54) is 6.08 Å². The number of carbonyl (C=O) groups is 3. The van der Waals surface area contributed by atoms with Crippen molar-refractivity contribution in [2.75, 3.05) is 7.11 Å². The van der Waals surface area contributed by atoms with Gasteiger partial charge in [0.2, 0.25) is 11.7 Å². The fraction of sp³-hybridized carbons (Fsp3) is 0.367. The van der Waals surface area contributed by atoms with Gasteiger partial charge in [0.15, 0.2) is 5.78 Å². The van der Waals surface area contributed by atoms with Crippen LogP contribution in [0.5, 0.6) is 5.75 Å². The molecule has 0 saturated carbocycles. The van der Waals surface area contributed by atoms with E-state index < -0.39 is 5.79 Å². The molecule has 2 aromatic rings. The summed E-state index contributed by atoms with van der Waals surface area (Å²) in [6.07, 6.45) is 6.97. The number of primary amides is 1. The van der Waals surface area contributed by atoms with Crippen LogP contribution in [0.1, 0.15) is 53.6 Å². The Bertz CT molecular complexity index is 1280. The number of benzene rings is 2. The van der Waals surface area contributed by atoms with Crippen molar-refractivity contribution < 1.29 is 23.9 Å². The highest BCUT2D eigenvalue weighted by Crippen LogP contribution is 2.58. The van der Waals surface area contributed by atoms with Gasteiger partial charge in [0.1, 0.15) is 5.75 Å². The molecule has 0 spiro atoms. The molecule has 5 unspecified atom stereocenters. The topological polar surface area (TPSA) is 108 Å². The Hall–Kier alpha value is -3.71. The van der Waals surface area contributed by atoms with Crippen molar-refractivity contribution in [3.05, 3.63) is 89.0 Å². The minimum absolute atomic E-state index is 0.0571. The summed E-state index contributed by atoms with van der Waals surface area (Å²) in [6, 6.07) is 15.2. The smallest absolute Gasteiger partial charge is 0.251 e. The zero-order chi connectivity index (χ0) is 26.2. The Morgan fingerprint density at radius 1 is 1.16 bits per heavy atom. The molecule has 3 aliphatic rings. The second kappa shape index (κ2) is 9.98. The van der Waals surface area contributed by atoms with Crippen molar-refractivity contribution in [3.63, 3.8) is 0 Å². The molecular weight excluding hydrogens is 468 g/mol. The summed E-state index contributed by atoms with van der Waals surface area (Å²) in [4.78, 5) is 37.5. The Morgan fingerprint density at radius 3 is 2.68 bits per heavy atom. The van der Waals surface area contributed by atoms with Crippen LogP contribution in [0, 0.1) is 17.8 Å². The Kier molecular flexibility index (Phi) is 6.73. The number of hydrogen-bond donors (Lipinski definition) is 2. The number of hydrogen-bond acceptors (Lipinski definition) is 5. The van der Waals surface area contributed by atoms with Gasteiger partial charge in [-0.3, -0.25) is 14.4 Å². The standard InChI is InChI=1S/C30H32N2O5/c1-18-20(9-6-10-26(31)34)15-22-24(33)13-14-30(36-2)28(22)27(18)23-16-21(11-12-25(23)37-30)29(35)32-17-19-7-4-3-5-8-19/h3-5,7-8,11-16,18,20,27-28H,6,9-10,17H2,1-2H3,(H2,31,34)(H,32,35). The lowest BCUT2D eigenvalue weighted by Gasteiger charge is -2.53. The van der Waals surface area contributed by atoms with E-state index in [1.54, 1.807) is 19.3 Å². The van der Waals surface area contributed by atoms with Gasteiger partial charge in [-0.25, -0.2) is 0 Å². The first-order valence-electron chi connectivity index (χ1n) is 12.8. The van der Waals surface area contributed by atoms with E-state index in [-0.39, 0.29) is 41.3 Å². The molecule has 2 amide bonds. The fourth-order valence-electron chi connectivity index (χ4n) is 6.09. The van der Waals surface area contributed by atoms with Gasteiger partial charge in [0, 0.05) is 37.1 Å². The Morgan fingerprint density at radius 2 is 1.95 bits per heavy atom. The number of nitrogens with one attached hydrogen (secondary N) is 1. The number of nitrogens with two attached hydrogens (primary N) is 1. The molecule has 5 rings (SSSR count). The number of rotatable bonds is 8. The third kappa shape index (κ3) is 4.60. The summed E-state index contributed by atoms with van der Waals surface area (Å²) in [5.74, 6) is -1.28. The average molecular weight is 501 g/mol. The quantitative estimate of drug-likeness (QED) is 0.569. The SMILES string of the molecule is COC12C=CC(=O)C3=CC(CCCC(N)=O)C(C)C(c4cc(C(=O)NCc5ccccc5)ccc4O1)C32. The summed E-state index contributed by atoms with van der Waals surface area (Å²) in [7, 11) is 1.59. The van der Waals surface area contributed by atoms with Crippen molar-refractivity contribution in [3.8, 4) is 5.75 Å². The van der Waals surface area contributed by atoms with Gasteiger partial charge >= 0.3 is 0 Å². The van der Waals surface area contributed by atoms with Gasteiger partial charge in [0.05, 0.1) is 5.92 Å². The van der Waals surface area contributed by atoms with Crippen molar-refractivity contribution >= 4 is 17.6 Å². The third-order valence-electron chi connectivity index (χ3n) is 7.99. The molecule has 3 N–H and O–H groups in total. The molecule has 192 valence electrons. The highest BCUT2D eigenvalue weighted by atomic mass is 16.7. The number of allylic oxidation sites excluding steroid dienone is 2. The van der Waals surface area contributed by atoms with Crippen molar-refractivity contribution in [1.82, 2.24) is 5.32 Å². The van der Waals surface area contributed by atoms with Crippen LogP contribution in [-0.2, 0) is 20.9 Å². The molecule has 1 aliphatic heterocycles. The molecule has 5 atom stereocenters. The van der Waals surface area contributed by atoms with Crippen molar-refractivity contribution in [1.29, 1.82) is 0 Å². The van der Waals surface area contributed by atoms with Crippen LogP contribution in [0.3, 0.4) is 0 Å². The third-order valence-corrected chi connectivity index (χ3v) is 7.99. The number of ketones is 1. The summed E-state index contributed by atoms with van der Waals surface area (Å²) in [6.45, 7) is 2.59. The van der Waals surface area contributed by atoms with Gasteiger partial charge in [0.25, 0.3) is 5.91 Å². The lowest BCUT2D eigenvalue weighted by Crippen LogP contribution is -2.56. The fourth-order valence-corrected chi connectivity index (χ4v) is 6.09. The van der Waals surface area contributed by atoms with Crippen LogP contribution in [0.25, 0.3) is 0 Å². The molecule has 7 heteroatoms. The summed E-state index contributed by atoms with van der Waals surface area (Å²) >= 11 is 0. The van der Waals surface area contributed by atoms with Gasteiger partial charge in [-0.05, 0) is 66.2 Å². The van der Waals surface area contributed by atoms with E-state index in [0.717, 1.165) is 17.5 Å². The number of carbonyl (C=O) groups excluding carboxylic acids is 3. The second-order valence-corrected chi connectivity index (χ2v) is 10.2. The van der Waals surface area contributed by atoms with E-state index in [2.05, 4.69) is 12.2 Å². The molecule has 0 saturated heterocycles. The van der Waals surface area contributed by atoms with E-state index in [0.29, 0.717) is 36.3 Å². The van der Waals surface area contributed by atoms with Gasteiger partial charge in [-0.2, -0.15) is 0 Å². The zero-order valence-electron chi connectivity index (χ0n) is 21.1. The molecule has 7 nitrogen and oxygen atoms in total. The van der Waals surface area contributed by atoms with E-state index in [1.807, 2.05) is 48.5 Å². The maximum Gasteiger partial charge on any atom is 0.251 e. The van der Waals surface area contributed by atoms with Gasteiger partial charge < -0.3 is 20.5 Å². The van der Waals surface area contributed by atoms with Crippen LogP contribution in [0.2, 0.25) is 0 Å². The highest BCUT2D eigenvalue weighted by Gasteiger charge is 2.57. The minimum Gasteiger partial charge on any atom is -0.458 e. The first-order chi connectivity index (χ1) is 17.8. The van der Waals surface area contributed by atoms with Crippen LogP contribution in [0.15, 0.2) is 72.3 Å². The lowest BCUT2D eigenvalue weighted by atomic mass is 9.58. The molecule has 1 heterocycles. The first kappa shape index (κ1) is 25.0. The Balaban J connectivity index is 1.50. The second-order valence-electron chi connectivity index (χ2n) is 10.2. The maximum atomic E-state index is 13.1. The van der Waals surface area contributed by atoms with Crippen LogP contribution in [-0.4, -0.2) is 30.5 Å². The summed E-state index contributed by atoms with van der Waals surface area (Å²) in [5.41, 5.74) is 8.48. The molecule has 0 radical (unpaired) electrons. The highest BCUT2D eigenvalue weighted by molar-refractivity contribution is 6.06. The normalized spacial score (nSPS) is 27.4. The number of fused-ring (bicyclic) bond motifs is 2. The van der Waals surface area contributed by atoms with Crippen molar-refractivity contribution in [2.24, 2.45) is 23.5 Å². The number of ether oxygens (including phenoxy) is 2. The van der Waals surface area contributed by atoms with E-state index in [9.17, 15) is 14.4 Å². The number of methoxy groups -OCH3 is 1. The van der Waals surface area contributed by atoms with Crippen LogP contribution < -0.4 is 15.8 Å². The van der Waals surface area contributed by atoms with Crippen LogP contribution >= 0.6 is 0 Å². The molecule has 0 bridgehead atoms. The van der Waals surface area contributed by atoms with E-state index in [4.69, 9.17) is 15.2 Å². The molecular formula is C30H32N2O5. The monoisotopic (exact) mass is 500 g/mol. The van der Waals surface area contributed by atoms with Crippen molar-refractivity contribution in [2.45, 2.75) is 44.4 Å². The number of amides is 2. The molecule has 0 fully saturated rings. The van der Waals surface area contributed by atoms with Gasteiger partial charge in [-0.1, -0.05) is 43.3 Å². The average Bonchev–Trinajstić information content (AvgIpc) is 2.91. The summed E-state index contributed by atoms with van der Waals surface area (Å²) in [5, 5.41) is 2.99. The predicted molar refractivity (Wildman–Crippen MR) is 139 cm³/mol. The Labute approximate surface area is 216 Å². The molecule has 0 aromatic heterocycles. The predicted octanol–water partition coefficient (Wildman–Crippen LogP) is 4.04. The summed E-state index contributed by atoms with van der Waals surface area (Å²) < 4.78 is 12.4. The first-order valence-corrected chi connectivity index (χ1v) is 12.8. The zero-order valence-corrected chi connectivity index (χ0v) is 21.1. The minimum atomic E-state index is -1.10. The largest absolute Gasteiger partial charge is 0.458 e. The maximum absolute atomic E-state index is 13.1. The van der Waals surface area contributed by atoms with Gasteiger partial charge in [-0.15, -0.1) is 0 Å².